The molecule has 6 nitrogen and oxygen atoms in total. The van der Waals surface area contributed by atoms with E-state index in [9.17, 15) is 13.2 Å². The first-order valence-corrected chi connectivity index (χ1v) is 9.59. The van der Waals surface area contributed by atoms with Crippen LogP contribution < -0.4 is 5.32 Å². The third-order valence-corrected chi connectivity index (χ3v) is 4.81. The molecule has 1 aliphatic rings. The number of aryl methyl sites for hydroxylation is 2. The van der Waals surface area contributed by atoms with E-state index in [0.717, 1.165) is 11.1 Å². The lowest BCUT2D eigenvalue weighted by atomic mass is 10.0. The molecule has 0 saturated carbocycles. The molecule has 2 aromatic rings. The molecular weight excluding hydrogens is 383 g/mol. The van der Waals surface area contributed by atoms with Crippen molar-refractivity contribution in [3.63, 3.8) is 0 Å². The maximum absolute atomic E-state index is 13.2. The number of aromatic nitrogens is 2. The number of alkyl halides is 3. The predicted octanol–water partition coefficient (Wildman–Crippen LogP) is 3.29. The molecule has 1 saturated heterocycles. The zero-order valence-electron chi connectivity index (χ0n) is 16.8. The van der Waals surface area contributed by atoms with Crippen molar-refractivity contribution in [1.29, 1.82) is 0 Å². The Hall–Kier alpha value is -2.55. The summed E-state index contributed by atoms with van der Waals surface area (Å²) in [5.74, 6) is 0.575. The summed E-state index contributed by atoms with van der Waals surface area (Å²) in [6.45, 7) is 6.20. The highest BCUT2D eigenvalue weighted by molar-refractivity contribution is 5.80. The Kier molecular flexibility index (Phi) is 6.46. The minimum absolute atomic E-state index is 0.0547. The van der Waals surface area contributed by atoms with Gasteiger partial charge in [0.05, 0.1) is 19.7 Å². The first-order valence-electron chi connectivity index (χ1n) is 9.59. The summed E-state index contributed by atoms with van der Waals surface area (Å²) in [5.41, 5.74) is 1.42. The molecule has 0 amide bonds. The van der Waals surface area contributed by atoms with Crippen molar-refractivity contribution in [2.45, 2.75) is 32.7 Å². The van der Waals surface area contributed by atoms with Gasteiger partial charge in [0.1, 0.15) is 6.10 Å². The first kappa shape index (κ1) is 21.2. The van der Waals surface area contributed by atoms with E-state index < -0.39 is 11.9 Å². The molecule has 1 aliphatic heterocycles. The van der Waals surface area contributed by atoms with E-state index >= 15 is 0 Å². The number of guanidine groups is 1. The number of halogens is 3. The largest absolute Gasteiger partial charge is 0.435 e. The number of hydrogen-bond acceptors (Lipinski definition) is 3. The topological polar surface area (TPSA) is 54.7 Å². The maximum Gasteiger partial charge on any atom is 0.435 e. The molecular formula is C20H26F3N5O. The van der Waals surface area contributed by atoms with E-state index in [4.69, 9.17) is 4.74 Å². The fourth-order valence-corrected chi connectivity index (χ4v) is 3.46. The molecule has 1 aromatic heterocycles. The second kappa shape index (κ2) is 8.86. The van der Waals surface area contributed by atoms with Crippen molar-refractivity contribution in [2.75, 3.05) is 26.2 Å². The number of nitrogens with zero attached hydrogens (tertiary/aromatic N) is 4. The Bertz CT molecular complexity index is 862. The lowest BCUT2D eigenvalue weighted by molar-refractivity contribution is -0.142. The van der Waals surface area contributed by atoms with Crippen LogP contribution in [0.25, 0.3) is 0 Å². The van der Waals surface area contributed by atoms with Gasteiger partial charge in [0.2, 0.25) is 0 Å². The highest BCUT2D eigenvalue weighted by Crippen LogP contribution is 2.31. The number of aliphatic imine (C=N–C) groups is 1. The third-order valence-electron chi connectivity index (χ3n) is 4.81. The monoisotopic (exact) mass is 409 g/mol. The number of morpholine rings is 1. The predicted molar refractivity (Wildman–Crippen MR) is 104 cm³/mol. The number of rotatable bonds is 4. The molecule has 1 unspecified atom stereocenters. The summed E-state index contributed by atoms with van der Waals surface area (Å²) < 4.78 is 46.7. The van der Waals surface area contributed by atoms with Crippen LogP contribution in [-0.2, 0) is 24.5 Å². The Morgan fingerprint density at radius 3 is 2.79 bits per heavy atom. The molecule has 0 radical (unpaired) electrons. The summed E-state index contributed by atoms with van der Waals surface area (Å²) in [5, 5.41) is 6.73. The molecule has 2 heterocycles. The first-order chi connectivity index (χ1) is 13.8. The molecule has 1 fully saturated rings. The summed E-state index contributed by atoms with van der Waals surface area (Å²) >= 11 is 0. The van der Waals surface area contributed by atoms with Crippen LogP contribution in [0.5, 0.6) is 0 Å². The number of nitrogens with one attached hydrogen (secondary N) is 1. The summed E-state index contributed by atoms with van der Waals surface area (Å²) in [7, 11) is 1.47. The standard InChI is InChI=1S/C20H26F3N5O/c1-4-24-19(25-11-15-12-27(3)26-18(15)20(21,22)23)28-9-10-29-17(13-28)16-8-6-5-7-14(16)2/h5-8,12,17H,4,9-11,13H2,1-3H3,(H,24,25). The minimum atomic E-state index is -4.50. The van der Waals surface area contributed by atoms with Gasteiger partial charge in [0.25, 0.3) is 0 Å². The molecule has 29 heavy (non-hydrogen) atoms. The Morgan fingerprint density at radius 1 is 1.34 bits per heavy atom. The van der Waals surface area contributed by atoms with Gasteiger partial charge in [0.15, 0.2) is 11.7 Å². The summed E-state index contributed by atoms with van der Waals surface area (Å²) in [6.07, 6.45) is -3.25. The van der Waals surface area contributed by atoms with E-state index in [1.54, 1.807) is 0 Å². The average Bonchev–Trinajstić information content (AvgIpc) is 3.07. The Balaban J connectivity index is 1.80. The number of ether oxygens (including phenoxy) is 1. The summed E-state index contributed by atoms with van der Waals surface area (Å²) in [6, 6.07) is 8.04. The van der Waals surface area contributed by atoms with Crippen LogP contribution in [0.2, 0.25) is 0 Å². The van der Waals surface area contributed by atoms with Gasteiger partial charge in [-0.05, 0) is 25.0 Å². The van der Waals surface area contributed by atoms with E-state index in [-0.39, 0.29) is 18.2 Å². The highest BCUT2D eigenvalue weighted by Gasteiger charge is 2.37. The lowest BCUT2D eigenvalue weighted by Gasteiger charge is -2.35. The van der Waals surface area contributed by atoms with Crippen LogP contribution in [-0.4, -0.2) is 46.9 Å². The van der Waals surface area contributed by atoms with E-state index in [0.29, 0.717) is 32.2 Å². The molecule has 0 spiro atoms. The molecule has 158 valence electrons. The van der Waals surface area contributed by atoms with Crippen LogP contribution in [0.4, 0.5) is 13.2 Å². The smallest absolute Gasteiger partial charge is 0.370 e. The van der Waals surface area contributed by atoms with Crippen LogP contribution >= 0.6 is 0 Å². The molecule has 1 N–H and O–H groups in total. The lowest BCUT2D eigenvalue weighted by Crippen LogP contribution is -2.48. The Morgan fingerprint density at radius 2 is 2.10 bits per heavy atom. The quantitative estimate of drug-likeness (QED) is 0.622. The molecule has 0 bridgehead atoms. The van der Waals surface area contributed by atoms with Gasteiger partial charge in [-0.15, -0.1) is 0 Å². The van der Waals surface area contributed by atoms with Gasteiger partial charge in [0, 0.05) is 31.9 Å². The summed E-state index contributed by atoms with van der Waals surface area (Å²) in [4.78, 5) is 6.50. The van der Waals surface area contributed by atoms with Gasteiger partial charge in [-0.1, -0.05) is 24.3 Å². The fraction of sp³-hybridized carbons (Fsp3) is 0.500. The van der Waals surface area contributed by atoms with Gasteiger partial charge >= 0.3 is 6.18 Å². The minimum Gasteiger partial charge on any atom is -0.370 e. The van der Waals surface area contributed by atoms with Crippen molar-refractivity contribution in [3.8, 4) is 0 Å². The highest BCUT2D eigenvalue weighted by atomic mass is 19.4. The van der Waals surface area contributed by atoms with E-state index in [1.807, 2.05) is 43.0 Å². The van der Waals surface area contributed by atoms with Crippen molar-refractivity contribution in [3.05, 3.63) is 52.8 Å². The van der Waals surface area contributed by atoms with Crippen molar-refractivity contribution in [1.82, 2.24) is 20.0 Å². The van der Waals surface area contributed by atoms with Crippen LogP contribution in [0.3, 0.4) is 0 Å². The zero-order valence-corrected chi connectivity index (χ0v) is 16.8. The zero-order chi connectivity index (χ0) is 21.0. The second-order valence-corrected chi connectivity index (χ2v) is 7.01. The molecule has 0 aliphatic carbocycles. The van der Waals surface area contributed by atoms with Gasteiger partial charge in [-0.25, -0.2) is 4.99 Å². The normalized spacial score (nSPS) is 18.2. The third kappa shape index (κ3) is 5.09. The molecule has 3 rings (SSSR count). The van der Waals surface area contributed by atoms with Crippen molar-refractivity contribution in [2.24, 2.45) is 12.0 Å². The molecule has 9 heteroatoms. The Labute approximate surface area is 168 Å². The van der Waals surface area contributed by atoms with Crippen LogP contribution in [0, 0.1) is 6.92 Å². The van der Waals surface area contributed by atoms with Crippen LogP contribution in [0.15, 0.2) is 35.5 Å². The second-order valence-electron chi connectivity index (χ2n) is 7.01. The van der Waals surface area contributed by atoms with Crippen molar-refractivity contribution >= 4 is 5.96 Å². The average molecular weight is 409 g/mol. The SMILES string of the molecule is CCNC(=NCc1cn(C)nc1C(F)(F)F)N1CCOC(c2ccccc2C)C1. The van der Waals surface area contributed by atoms with Crippen molar-refractivity contribution < 1.29 is 17.9 Å². The van der Waals surface area contributed by atoms with Gasteiger partial charge < -0.3 is 15.0 Å². The number of benzene rings is 1. The van der Waals surface area contributed by atoms with E-state index in [2.05, 4.69) is 15.4 Å². The molecule has 1 aromatic carbocycles. The van der Waals surface area contributed by atoms with Gasteiger partial charge in [-0.2, -0.15) is 18.3 Å². The molecule has 1 atom stereocenters. The van der Waals surface area contributed by atoms with Crippen LogP contribution in [0.1, 0.15) is 35.4 Å². The van der Waals surface area contributed by atoms with Gasteiger partial charge in [-0.3, -0.25) is 4.68 Å². The van der Waals surface area contributed by atoms with E-state index in [1.165, 1.54) is 17.9 Å². The number of hydrogen-bond donors (Lipinski definition) is 1. The maximum atomic E-state index is 13.2. The fourth-order valence-electron chi connectivity index (χ4n) is 3.46.